The zero-order chi connectivity index (χ0) is 15.1. The van der Waals surface area contributed by atoms with E-state index in [1.54, 1.807) is 0 Å². The SMILES string of the molecule is CCc1nn(C)c2c1nc(CCl)n2Cc1cnn(C)c1C. The normalized spacial score (nSPS) is 11.7. The van der Waals surface area contributed by atoms with Gasteiger partial charge in [-0.05, 0) is 13.3 Å². The van der Waals surface area contributed by atoms with Crippen LogP contribution >= 0.6 is 11.6 Å². The lowest BCUT2D eigenvalue weighted by Gasteiger charge is -2.08. The number of halogens is 1. The number of aryl methyl sites for hydroxylation is 3. The Hall–Kier alpha value is -1.82. The van der Waals surface area contributed by atoms with Crippen molar-refractivity contribution in [3.63, 3.8) is 0 Å². The summed E-state index contributed by atoms with van der Waals surface area (Å²) < 4.78 is 5.91. The standard InChI is InChI=1S/C14H19ClN6/c1-5-11-13-14(20(4)18-11)21(12(6-15)17-13)8-10-7-16-19(3)9(10)2/h7H,5-6,8H2,1-4H3. The van der Waals surface area contributed by atoms with Crippen molar-refractivity contribution in [1.82, 2.24) is 29.1 Å². The zero-order valence-electron chi connectivity index (χ0n) is 12.8. The van der Waals surface area contributed by atoms with Gasteiger partial charge in [0, 0.05) is 25.4 Å². The molecule has 0 atom stereocenters. The molecular formula is C14H19ClN6. The molecule has 3 heterocycles. The van der Waals surface area contributed by atoms with Crippen LogP contribution in [0.2, 0.25) is 0 Å². The second-order valence-electron chi connectivity index (χ2n) is 5.22. The van der Waals surface area contributed by atoms with Crippen LogP contribution < -0.4 is 0 Å². The smallest absolute Gasteiger partial charge is 0.159 e. The molecule has 0 saturated heterocycles. The lowest BCUT2D eigenvalue weighted by Crippen LogP contribution is -2.08. The second-order valence-corrected chi connectivity index (χ2v) is 5.49. The number of imidazole rings is 1. The number of hydrogen-bond donors (Lipinski definition) is 0. The van der Waals surface area contributed by atoms with E-state index in [-0.39, 0.29) is 0 Å². The monoisotopic (exact) mass is 306 g/mol. The second kappa shape index (κ2) is 5.18. The largest absolute Gasteiger partial charge is 0.307 e. The average Bonchev–Trinajstić information content (AvgIpc) is 3.09. The first-order valence-electron chi connectivity index (χ1n) is 7.01. The molecule has 3 aromatic rings. The minimum atomic E-state index is 0.386. The van der Waals surface area contributed by atoms with Crippen LogP contribution in [0, 0.1) is 6.92 Å². The van der Waals surface area contributed by atoms with Gasteiger partial charge in [0.15, 0.2) is 5.65 Å². The molecule has 0 aliphatic rings. The summed E-state index contributed by atoms with van der Waals surface area (Å²) in [5.74, 6) is 1.26. The highest BCUT2D eigenvalue weighted by molar-refractivity contribution is 6.16. The van der Waals surface area contributed by atoms with E-state index in [0.717, 1.165) is 34.8 Å². The van der Waals surface area contributed by atoms with Gasteiger partial charge in [-0.15, -0.1) is 11.6 Å². The van der Waals surface area contributed by atoms with Gasteiger partial charge < -0.3 is 4.57 Å². The minimum Gasteiger partial charge on any atom is -0.307 e. The quantitative estimate of drug-likeness (QED) is 0.694. The van der Waals surface area contributed by atoms with Crippen LogP contribution in [0.15, 0.2) is 6.20 Å². The molecule has 0 aliphatic carbocycles. The van der Waals surface area contributed by atoms with Crippen molar-refractivity contribution < 1.29 is 0 Å². The number of aromatic nitrogens is 6. The van der Waals surface area contributed by atoms with Crippen molar-refractivity contribution in [2.24, 2.45) is 14.1 Å². The van der Waals surface area contributed by atoms with Crippen LogP contribution in [0.4, 0.5) is 0 Å². The summed E-state index contributed by atoms with van der Waals surface area (Å²) in [5.41, 5.74) is 5.31. The molecule has 112 valence electrons. The van der Waals surface area contributed by atoms with Crippen LogP contribution in [0.1, 0.15) is 29.7 Å². The van der Waals surface area contributed by atoms with Gasteiger partial charge in [0.1, 0.15) is 11.3 Å². The maximum Gasteiger partial charge on any atom is 0.159 e. The van der Waals surface area contributed by atoms with Crippen LogP contribution in [0.5, 0.6) is 0 Å². The molecule has 0 aromatic carbocycles. The van der Waals surface area contributed by atoms with Gasteiger partial charge >= 0.3 is 0 Å². The third-order valence-electron chi connectivity index (χ3n) is 3.99. The van der Waals surface area contributed by atoms with E-state index in [4.69, 9.17) is 11.6 Å². The van der Waals surface area contributed by atoms with Crippen LogP contribution in [-0.2, 0) is 32.9 Å². The molecule has 3 aromatic heterocycles. The molecule has 6 nitrogen and oxygen atoms in total. The van der Waals surface area contributed by atoms with E-state index < -0.39 is 0 Å². The van der Waals surface area contributed by atoms with Gasteiger partial charge in [0.25, 0.3) is 0 Å². The van der Waals surface area contributed by atoms with E-state index >= 15 is 0 Å². The van der Waals surface area contributed by atoms with Gasteiger partial charge in [-0.3, -0.25) is 9.36 Å². The Bertz CT molecular complexity index is 794. The number of fused-ring (bicyclic) bond motifs is 1. The van der Waals surface area contributed by atoms with E-state index in [9.17, 15) is 0 Å². The van der Waals surface area contributed by atoms with Gasteiger partial charge in [-0.1, -0.05) is 6.92 Å². The fourth-order valence-electron chi connectivity index (χ4n) is 2.66. The Morgan fingerprint density at radius 2 is 2.00 bits per heavy atom. The summed E-state index contributed by atoms with van der Waals surface area (Å²) in [6.07, 6.45) is 2.76. The van der Waals surface area contributed by atoms with Crippen molar-refractivity contribution in [2.75, 3.05) is 0 Å². The highest BCUT2D eigenvalue weighted by Crippen LogP contribution is 2.23. The first kappa shape index (κ1) is 14.1. The molecule has 21 heavy (non-hydrogen) atoms. The third kappa shape index (κ3) is 2.14. The van der Waals surface area contributed by atoms with E-state index in [2.05, 4.69) is 33.6 Å². The molecule has 0 spiro atoms. The summed E-state index contributed by atoms with van der Waals surface area (Å²) in [5, 5.41) is 8.85. The first-order valence-corrected chi connectivity index (χ1v) is 7.54. The predicted molar refractivity (Wildman–Crippen MR) is 82.5 cm³/mol. The molecule has 0 N–H and O–H groups in total. The molecule has 0 unspecified atom stereocenters. The average molecular weight is 307 g/mol. The fraction of sp³-hybridized carbons (Fsp3) is 0.500. The maximum atomic E-state index is 6.09. The summed E-state index contributed by atoms with van der Waals surface area (Å²) in [7, 11) is 3.90. The van der Waals surface area contributed by atoms with Crippen molar-refractivity contribution in [3.05, 3.63) is 29.0 Å². The summed E-state index contributed by atoms with van der Waals surface area (Å²) in [6, 6.07) is 0. The van der Waals surface area contributed by atoms with Crippen LogP contribution in [0.3, 0.4) is 0 Å². The fourth-order valence-corrected chi connectivity index (χ4v) is 2.87. The van der Waals surface area contributed by atoms with Crippen molar-refractivity contribution >= 4 is 22.8 Å². The third-order valence-corrected chi connectivity index (χ3v) is 4.23. The molecule has 0 fully saturated rings. The molecule has 0 bridgehead atoms. The van der Waals surface area contributed by atoms with Gasteiger partial charge in [-0.2, -0.15) is 10.2 Å². The van der Waals surface area contributed by atoms with Gasteiger partial charge in [-0.25, -0.2) is 4.98 Å². The number of hydrogen-bond acceptors (Lipinski definition) is 3. The Balaban J connectivity index is 2.16. The highest BCUT2D eigenvalue weighted by Gasteiger charge is 2.19. The predicted octanol–water partition coefficient (Wildman–Crippen LogP) is 2.16. The van der Waals surface area contributed by atoms with Crippen LogP contribution in [0.25, 0.3) is 11.2 Å². The van der Waals surface area contributed by atoms with Crippen molar-refractivity contribution in [1.29, 1.82) is 0 Å². The van der Waals surface area contributed by atoms with Crippen molar-refractivity contribution in [3.8, 4) is 0 Å². The van der Waals surface area contributed by atoms with Crippen LogP contribution in [-0.4, -0.2) is 29.1 Å². The Kier molecular flexibility index (Phi) is 3.49. The highest BCUT2D eigenvalue weighted by atomic mass is 35.5. The Morgan fingerprint density at radius 1 is 1.24 bits per heavy atom. The summed E-state index contributed by atoms with van der Waals surface area (Å²) in [6.45, 7) is 4.87. The lowest BCUT2D eigenvalue weighted by molar-refractivity contribution is 0.692. The van der Waals surface area contributed by atoms with E-state index in [0.29, 0.717) is 12.4 Å². The molecule has 0 aliphatic heterocycles. The van der Waals surface area contributed by atoms with Gasteiger partial charge in [0.05, 0.1) is 24.3 Å². The molecule has 3 rings (SSSR count). The zero-order valence-corrected chi connectivity index (χ0v) is 13.5. The topological polar surface area (TPSA) is 53.5 Å². The molecule has 7 heteroatoms. The number of alkyl halides is 1. The molecule has 0 amide bonds. The van der Waals surface area contributed by atoms with E-state index in [1.807, 2.05) is 29.7 Å². The summed E-state index contributed by atoms with van der Waals surface area (Å²) in [4.78, 5) is 4.68. The number of rotatable bonds is 4. The maximum absolute atomic E-state index is 6.09. The molecular weight excluding hydrogens is 288 g/mol. The first-order chi connectivity index (χ1) is 10.1. The molecule has 0 saturated carbocycles. The van der Waals surface area contributed by atoms with E-state index in [1.165, 1.54) is 5.56 Å². The Morgan fingerprint density at radius 3 is 2.57 bits per heavy atom. The lowest BCUT2D eigenvalue weighted by atomic mass is 10.2. The van der Waals surface area contributed by atoms with Gasteiger partial charge in [0.2, 0.25) is 0 Å². The summed E-state index contributed by atoms with van der Waals surface area (Å²) >= 11 is 6.09. The minimum absolute atomic E-state index is 0.386. The van der Waals surface area contributed by atoms with Crippen molar-refractivity contribution in [2.45, 2.75) is 32.7 Å². The number of nitrogens with zero attached hydrogens (tertiary/aromatic N) is 6. The Labute approximate surface area is 128 Å². The molecule has 0 radical (unpaired) electrons.